The molecule has 0 aliphatic rings. The summed E-state index contributed by atoms with van der Waals surface area (Å²) < 4.78 is 0. The van der Waals surface area contributed by atoms with Crippen molar-refractivity contribution in [2.75, 3.05) is 11.9 Å². The van der Waals surface area contributed by atoms with Crippen LogP contribution in [-0.4, -0.2) is 18.1 Å². The van der Waals surface area contributed by atoms with Crippen molar-refractivity contribution in [2.45, 2.75) is 6.92 Å². The topological polar surface area (TPSA) is 40.5 Å². The van der Waals surface area contributed by atoms with E-state index in [0.717, 1.165) is 23.0 Å². The first-order chi connectivity index (χ1) is 9.97. The molecule has 0 heterocycles. The van der Waals surface area contributed by atoms with Crippen molar-refractivity contribution in [3.05, 3.63) is 64.7 Å². The first kappa shape index (κ1) is 15.1. The normalized spacial score (nSPS) is 10.8. The Hall–Kier alpha value is -2.26. The van der Waals surface area contributed by atoms with Gasteiger partial charge in [-0.15, -0.1) is 0 Å². The monoisotopic (exact) mass is 301 g/mol. The minimum absolute atomic E-state index is 0.575. The molecule has 2 aromatic carbocycles. The minimum Gasteiger partial charge on any atom is -0.478 e. The summed E-state index contributed by atoms with van der Waals surface area (Å²) >= 11 is 6.30. The zero-order chi connectivity index (χ0) is 15.4. The number of rotatable bonds is 4. The molecule has 2 rings (SSSR count). The molecule has 0 bridgehead atoms. The number of carbonyl (C=O) groups is 1. The fourth-order valence-electron chi connectivity index (χ4n) is 1.97. The SMILES string of the molecule is Cc1ccc(N(C)c2ccc(/C=C/C(=O)O)cc2Cl)cc1. The smallest absolute Gasteiger partial charge is 0.328 e. The number of benzene rings is 2. The number of anilines is 2. The van der Waals surface area contributed by atoms with Gasteiger partial charge in [-0.1, -0.05) is 35.4 Å². The molecular weight excluding hydrogens is 286 g/mol. The summed E-state index contributed by atoms with van der Waals surface area (Å²) in [6, 6.07) is 13.6. The third kappa shape index (κ3) is 3.86. The summed E-state index contributed by atoms with van der Waals surface area (Å²) in [5.74, 6) is -0.980. The van der Waals surface area contributed by atoms with E-state index in [9.17, 15) is 4.79 Å². The Morgan fingerprint density at radius 2 is 1.86 bits per heavy atom. The Balaban J connectivity index is 2.28. The van der Waals surface area contributed by atoms with Gasteiger partial charge in [0.15, 0.2) is 0 Å². The number of aryl methyl sites for hydroxylation is 1. The number of aliphatic carboxylic acids is 1. The fraction of sp³-hybridized carbons (Fsp3) is 0.118. The predicted octanol–water partition coefficient (Wildman–Crippen LogP) is 4.51. The van der Waals surface area contributed by atoms with Crippen molar-refractivity contribution in [3.8, 4) is 0 Å². The van der Waals surface area contributed by atoms with Crippen molar-refractivity contribution < 1.29 is 9.90 Å². The zero-order valence-electron chi connectivity index (χ0n) is 11.9. The average molecular weight is 302 g/mol. The van der Waals surface area contributed by atoms with Crippen LogP contribution in [0.15, 0.2) is 48.5 Å². The van der Waals surface area contributed by atoms with E-state index in [1.54, 1.807) is 6.07 Å². The summed E-state index contributed by atoms with van der Waals surface area (Å²) in [6.07, 6.45) is 2.61. The Labute approximate surface area is 129 Å². The predicted molar refractivity (Wildman–Crippen MR) is 87.4 cm³/mol. The van der Waals surface area contributed by atoms with Gasteiger partial charge in [0, 0.05) is 18.8 Å². The second-order valence-corrected chi connectivity index (χ2v) is 5.18. The molecule has 3 nitrogen and oxygen atoms in total. The molecule has 0 unspecified atom stereocenters. The molecule has 1 N–H and O–H groups in total. The van der Waals surface area contributed by atoms with Crippen LogP contribution in [0.3, 0.4) is 0 Å². The van der Waals surface area contributed by atoms with Gasteiger partial charge in [0.05, 0.1) is 10.7 Å². The van der Waals surface area contributed by atoms with Gasteiger partial charge >= 0.3 is 5.97 Å². The number of nitrogens with zero attached hydrogens (tertiary/aromatic N) is 1. The van der Waals surface area contributed by atoms with Gasteiger partial charge in [-0.2, -0.15) is 0 Å². The maximum atomic E-state index is 10.5. The van der Waals surface area contributed by atoms with Gasteiger partial charge in [-0.05, 0) is 42.8 Å². The summed E-state index contributed by atoms with van der Waals surface area (Å²) in [7, 11) is 1.94. The van der Waals surface area contributed by atoms with E-state index in [1.807, 2.05) is 55.3 Å². The van der Waals surface area contributed by atoms with Crippen LogP contribution in [0.1, 0.15) is 11.1 Å². The van der Waals surface area contributed by atoms with E-state index >= 15 is 0 Å². The summed E-state index contributed by atoms with van der Waals surface area (Å²) in [4.78, 5) is 12.5. The lowest BCUT2D eigenvalue weighted by Crippen LogP contribution is -2.09. The lowest BCUT2D eigenvalue weighted by Gasteiger charge is -2.21. The average Bonchev–Trinajstić information content (AvgIpc) is 2.45. The van der Waals surface area contributed by atoms with Crippen LogP contribution in [0.5, 0.6) is 0 Å². The maximum Gasteiger partial charge on any atom is 0.328 e. The molecule has 0 spiro atoms. The molecule has 0 radical (unpaired) electrons. The van der Waals surface area contributed by atoms with Gasteiger partial charge in [0.2, 0.25) is 0 Å². The molecule has 0 atom stereocenters. The largest absolute Gasteiger partial charge is 0.478 e. The fourth-order valence-corrected chi connectivity index (χ4v) is 2.29. The van der Waals surface area contributed by atoms with Crippen LogP contribution in [0.4, 0.5) is 11.4 Å². The second kappa shape index (κ2) is 6.46. The standard InChI is InChI=1S/C17H16ClNO2/c1-12-3-7-14(8-4-12)19(2)16-9-5-13(11-15(16)18)6-10-17(20)21/h3-11H,1-2H3,(H,20,21)/b10-6+. The van der Waals surface area contributed by atoms with Gasteiger partial charge in [0.1, 0.15) is 0 Å². The molecule has 2 aromatic rings. The van der Waals surface area contributed by atoms with Crippen molar-refractivity contribution in [1.82, 2.24) is 0 Å². The molecule has 0 saturated heterocycles. The highest BCUT2D eigenvalue weighted by atomic mass is 35.5. The Morgan fingerprint density at radius 1 is 1.19 bits per heavy atom. The lowest BCUT2D eigenvalue weighted by atomic mass is 10.1. The molecule has 0 aromatic heterocycles. The summed E-state index contributed by atoms with van der Waals surface area (Å²) in [5.41, 5.74) is 3.86. The number of hydrogen-bond acceptors (Lipinski definition) is 2. The molecule has 0 aliphatic carbocycles. The Kier molecular flexibility index (Phi) is 4.66. The van der Waals surface area contributed by atoms with E-state index in [0.29, 0.717) is 5.02 Å². The number of hydrogen-bond donors (Lipinski definition) is 1. The van der Waals surface area contributed by atoms with Crippen LogP contribution in [0, 0.1) is 6.92 Å². The first-order valence-electron chi connectivity index (χ1n) is 6.48. The van der Waals surface area contributed by atoms with Crippen molar-refractivity contribution >= 4 is 35.0 Å². The number of carboxylic acids is 1. The number of halogens is 1. The van der Waals surface area contributed by atoms with Gasteiger partial charge in [0.25, 0.3) is 0 Å². The molecule has 4 heteroatoms. The highest BCUT2D eigenvalue weighted by Crippen LogP contribution is 2.31. The maximum absolute atomic E-state index is 10.5. The summed E-state index contributed by atoms with van der Waals surface area (Å²) in [5, 5.41) is 9.20. The van der Waals surface area contributed by atoms with Crippen LogP contribution in [0.25, 0.3) is 6.08 Å². The van der Waals surface area contributed by atoms with Crippen molar-refractivity contribution in [1.29, 1.82) is 0 Å². The second-order valence-electron chi connectivity index (χ2n) is 4.78. The van der Waals surface area contributed by atoms with Crippen LogP contribution in [0.2, 0.25) is 5.02 Å². The highest BCUT2D eigenvalue weighted by Gasteiger charge is 2.08. The summed E-state index contributed by atoms with van der Waals surface area (Å²) in [6.45, 7) is 2.04. The lowest BCUT2D eigenvalue weighted by molar-refractivity contribution is -0.131. The molecule has 0 saturated carbocycles. The van der Waals surface area contributed by atoms with Crippen molar-refractivity contribution in [2.24, 2.45) is 0 Å². The van der Waals surface area contributed by atoms with Crippen LogP contribution >= 0.6 is 11.6 Å². The third-order valence-corrected chi connectivity index (χ3v) is 3.48. The van der Waals surface area contributed by atoms with Gasteiger partial charge in [-0.3, -0.25) is 0 Å². The third-order valence-electron chi connectivity index (χ3n) is 3.17. The molecule has 0 fully saturated rings. The zero-order valence-corrected chi connectivity index (χ0v) is 12.6. The minimum atomic E-state index is -0.980. The quantitative estimate of drug-likeness (QED) is 0.844. The van der Waals surface area contributed by atoms with E-state index < -0.39 is 5.97 Å². The molecule has 108 valence electrons. The van der Waals surface area contributed by atoms with Gasteiger partial charge in [-0.25, -0.2) is 4.79 Å². The Bertz CT molecular complexity index is 678. The van der Waals surface area contributed by atoms with Gasteiger partial charge < -0.3 is 10.0 Å². The van der Waals surface area contributed by atoms with Crippen LogP contribution in [-0.2, 0) is 4.79 Å². The van der Waals surface area contributed by atoms with E-state index in [1.165, 1.54) is 11.6 Å². The highest BCUT2D eigenvalue weighted by molar-refractivity contribution is 6.33. The van der Waals surface area contributed by atoms with Crippen LogP contribution < -0.4 is 4.90 Å². The molecule has 0 aliphatic heterocycles. The first-order valence-corrected chi connectivity index (χ1v) is 6.86. The molecule has 0 amide bonds. The van der Waals surface area contributed by atoms with E-state index in [4.69, 9.17) is 16.7 Å². The van der Waals surface area contributed by atoms with E-state index in [-0.39, 0.29) is 0 Å². The number of carboxylic acid groups (broad SMARTS) is 1. The van der Waals surface area contributed by atoms with Crippen molar-refractivity contribution in [3.63, 3.8) is 0 Å². The molecular formula is C17H16ClNO2. The Morgan fingerprint density at radius 3 is 2.43 bits per heavy atom. The molecule has 21 heavy (non-hydrogen) atoms. The van der Waals surface area contributed by atoms with E-state index in [2.05, 4.69) is 0 Å².